The molecule has 158 valence electrons. The highest BCUT2D eigenvalue weighted by atomic mass is 32.2. The third kappa shape index (κ3) is 7.69. The number of esters is 2. The minimum atomic E-state index is -0.504. The molecule has 1 aromatic rings. The molecule has 2 rings (SSSR count). The zero-order chi connectivity index (χ0) is 21.1. The minimum Gasteiger partial charge on any atom is -0.497 e. The number of nitrogens with zero attached hydrogens (tertiary/aromatic N) is 1. The van der Waals surface area contributed by atoms with Gasteiger partial charge in [0, 0.05) is 13.0 Å². The van der Waals surface area contributed by atoms with Crippen molar-refractivity contribution in [3.05, 3.63) is 35.4 Å². The first kappa shape index (κ1) is 22.6. The molecular weight excluding hydrogens is 398 g/mol. The van der Waals surface area contributed by atoms with Gasteiger partial charge in [-0.3, -0.25) is 9.59 Å². The van der Waals surface area contributed by atoms with Crippen molar-refractivity contribution in [1.29, 1.82) is 0 Å². The van der Waals surface area contributed by atoms with Crippen LogP contribution in [-0.4, -0.2) is 62.5 Å². The van der Waals surface area contributed by atoms with Crippen LogP contribution >= 0.6 is 11.8 Å². The van der Waals surface area contributed by atoms with Crippen molar-refractivity contribution in [2.75, 3.05) is 39.7 Å². The van der Waals surface area contributed by atoms with Crippen LogP contribution in [0.15, 0.2) is 35.4 Å². The molecule has 1 saturated heterocycles. The number of rotatable bonds is 11. The van der Waals surface area contributed by atoms with E-state index in [0.717, 1.165) is 5.75 Å². The van der Waals surface area contributed by atoms with E-state index in [0.29, 0.717) is 36.8 Å². The molecule has 0 saturated carbocycles. The summed E-state index contributed by atoms with van der Waals surface area (Å²) in [6.45, 7) is 0.989. The molecule has 0 bridgehead atoms. The van der Waals surface area contributed by atoms with E-state index in [9.17, 15) is 14.4 Å². The molecule has 0 radical (unpaired) electrons. The number of benzene rings is 1. The molecule has 1 aliphatic heterocycles. The fraction of sp³-hybridized carbons (Fsp3) is 0.450. The third-order valence-corrected chi connectivity index (χ3v) is 5.02. The Morgan fingerprint density at radius 2 is 1.83 bits per heavy atom. The van der Waals surface area contributed by atoms with E-state index in [-0.39, 0.29) is 30.7 Å². The first-order chi connectivity index (χ1) is 14.0. The average Bonchev–Trinajstić information content (AvgIpc) is 3.08. The molecule has 0 N–H and O–H groups in total. The standard InChI is InChI=1S/C20H25NO7S/c1-25-15-6-8-16(9-7-15)27-11-3-5-19(23)28-12-4-10-21-17(22)14-29-18(21)13-20(24)26-2/h6-9,13H,3-5,10-12,14H2,1-2H3/b18-13+. The smallest absolute Gasteiger partial charge is 0.333 e. The van der Waals surface area contributed by atoms with Crippen molar-refractivity contribution in [2.24, 2.45) is 0 Å². The summed E-state index contributed by atoms with van der Waals surface area (Å²) in [7, 11) is 2.88. The minimum absolute atomic E-state index is 0.0767. The quantitative estimate of drug-likeness (QED) is 0.304. The molecular formula is C20H25NO7S. The normalized spacial score (nSPS) is 14.8. The number of ether oxygens (including phenoxy) is 4. The molecule has 1 fully saturated rings. The Labute approximate surface area is 174 Å². The molecule has 8 nitrogen and oxygen atoms in total. The summed E-state index contributed by atoms with van der Waals surface area (Å²) in [6, 6.07) is 7.22. The van der Waals surface area contributed by atoms with Crippen molar-refractivity contribution < 1.29 is 33.3 Å². The molecule has 9 heteroatoms. The van der Waals surface area contributed by atoms with Gasteiger partial charge in [-0.2, -0.15) is 0 Å². The number of carbonyl (C=O) groups is 3. The summed E-state index contributed by atoms with van der Waals surface area (Å²) in [4.78, 5) is 36.5. The predicted octanol–water partition coefficient (Wildman–Crippen LogP) is 2.38. The highest BCUT2D eigenvalue weighted by Gasteiger charge is 2.26. The van der Waals surface area contributed by atoms with Crippen LogP contribution in [0.5, 0.6) is 11.5 Å². The van der Waals surface area contributed by atoms with Gasteiger partial charge in [0.25, 0.3) is 0 Å². The van der Waals surface area contributed by atoms with Gasteiger partial charge in [-0.25, -0.2) is 4.79 Å². The summed E-state index contributed by atoms with van der Waals surface area (Å²) >= 11 is 1.29. The Morgan fingerprint density at radius 1 is 1.10 bits per heavy atom. The number of methoxy groups -OCH3 is 2. The SMILES string of the molecule is COC(=O)/C=C1/SCC(=O)N1CCCOC(=O)CCCOc1ccc(OC)cc1. The summed E-state index contributed by atoms with van der Waals surface area (Å²) in [5, 5.41) is 0.559. The number of thioether (sulfide) groups is 1. The van der Waals surface area contributed by atoms with Crippen molar-refractivity contribution >= 4 is 29.6 Å². The summed E-state index contributed by atoms with van der Waals surface area (Å²) in [5.41, 5.74) is 0. The van der Waals surface area contributed by atoms with Crippen molar-refractivity contribution in [1.82, 2.24) is 4.90 Å². The van der Waals surface area contributed by atoms with E-state index in [2.05, 4.69) is 4.74 Å². The molecule has 0 spiro atoms. The molecule has 1 aromatic carbocycles. The van der Waals surface area contributed by atoms with Crippen LogP contribution in [0.25, 0.3) is 0 Å². The van der Waals surface area contributed by atoms with Gasteiger partial charge in [0.05, 0.1) is 44.3 Å². The maximum Gasteiger partial charge on any atom is 0.333 e. The molecule has 29 heavy (non-hydrogen) atoms. The molecule has 1 aliphatic rings. The monoisotopic (exact) mass is 423 g/mol. The summed E-state index contributed by atoms with van der Waals surface area (Å²) in [5.74, 6) is 0.862. The first-order valence-electron chi connectivity index (χ1n) is 9.18. The number of hydrogen-bond donors (Lipinski definition) is 0. The van der Waals surface area contributed by atoms with Crippen LogP contribution in [0.2, 0.25) is 0 Å². The Hall–Kier alpha value is -2.68. The fourth-order valence-electron chi connectivity index (χ4n) is 2.49. The van der Waals surface area contributed by atoms with Gasteiger partial charge in [0.1, 0.15) is 11.5 Å². The average molecular weight is 423 g/mol. The van der Waals surface area contributed by atoms with Crippen LogP contribution < -0.4 is 9.47 Å². The topological polar surface area (TPSA) is 91.4 Å². The molecule has 0 aromatic heterocycles. The van der Waals surface area contributed by atoms with Gasteiger partial charge in [0.15, 0.2) is 0 Å². The molecule has 0 aliphatic carbocycles. The van der Waals surface area contributed by atoms with Crippen molar-refractivity contribution in [3.8, 4) is 11.5 Å². The largest absolute Gasteiger partial charge is 0.497 e. The van der Waals surface area contributed by atoms with Gasteiger partial charge < -0.3 is 23.8 Å². The molecule has 1 amide bonds. The van der Waals surface area contributed by atoms with Crippen LogP contribution in [0.1, 0.15) is 19.3 Å². The predicted molar refractivity (Wildman–Crippen MR) is 108 cm³/mol. The Kier molecular flexibility index (Phi) is 9.36. The maximum atomic E-state index is 11.9. The third-order valence-electron chi connectivity index (χ3n) is 4.00. The van der Waals surface area contributed by atoms with Crippen molar-refractivity contribution in [3.63, 3.8) is 0 Å². The Bertz CT molecular complexity index is 733. The number of carbonyl (C=O) groups excluding carboxylic acids is 3. The van der Waals surface area contributed by atoms with E-state index in [4.69, 9.17) is 14.2 Å². The van der Waals surface area contributed by atoms with E-state index in [1.807, 2.05) is 0 Å². The van der Waals surface area contributed by atoms with Crippen LogP contribution in [0.3, 0.4) is 0 Å². The molecule has 0 atom stereocenters. The Balaban J connectivity index is 1.59. The van der Waals surface area contributed by atoms with Gasteiger partial charge in [-0.1, -0.05) is 11.8 Å². The number of hydrogen-bond acceptors (Lipinski definition) is 8. The van der Waals surface area contributed by atoms with E-state index >= 15 is 0 Å². The van der Waals surface area contributed by atoms with Gasteiger partial charge >= 0.3 is 11.9 Å². The van der Waals surface area contributed by atoms with Crippen molar-refractivity contribution in [2.45, 2.75) is 19.3 Å². The lowest BCUT2D eigenvalue weighted by atomic mass is 10.3. The van der Waals surface area contributed by atoms with Gasteiger partial charge in [0.2, 0.25) is 5.91 Å². The van der Waals surface area contributed by atoms with Crippen LogP contribution in [-0.2, 0) is 23.9 Å². The second-order valence-corrected chi connectivity index (χ2v) is 7.04. The first-order valence-corrected chi connectivity index (χ1v) is 10.2. The van der Waals surface area contributed by atoms with Gasteiger partial charge in [-0.05, 0) is 37.1 Å². The zero-order valence-electron chi connectivity index (χ0n) is 16.5. The fourth-order valence-corrected chi connectivity index (χ4v) is 3.44. The summed E-state index contributed by atoms with van der Waals surface area (Å²) in [6.07, 6.45) is 2.57. The Morgan fingerprint density at radius 3 is 2.52 bits per heavy atom. The van der Waals surface area contributed by atoms with E-state index < -0.39 is 5.97 Å². The van der Waals surface area contributed by atoms with Gasteiger partial charge in [-0.15, -0.1) is 0 Å². The molecule has 0 unspecified atom stereocenters. The van der Waals surface area contributed by atoms with Crippen LogP contribution in [0.4, 0.5) is 0 Å². The lowest BCUT2D eigenvalue weighted by Crippen LogP contribution is -2.27. The highest BCUT2D eigenvalue weighted by Crippen LogP contribution is 2.28. The number of amides is 1. The maximum absolute atomic E-state index is 11.9. The highest BCUT2D eigenvalue weighted by molar-refractivity contribution is 8.04. The molecule has 1 heterocycles. The van der Waals surface area contributed by atoms with Crippen LogP contribution in [0, 0.1) is 0 Å². The van der Waals surface area contributed by atoms with E-state index in [1.54, 1.807) is 31.4 Å². The lowest BCUT2D eigenvalue weighted by molar-refractivity contribution is -0.144. The second kappa shape index (κ2) is 12.0. The second-order valence-electron chi connectivity index (χ2n) is 6.04. The lowest BCUT2D eigenvalue weighted by Gasteiger charge is -2.16. The van der Waals surface area contributed by atoms with E-state index in [1.165, 1.54) is 29.8 Å². The zero-order valence-corrected chi connectivity index (χ0v) is 17.4. The summed E-state index contributed by atoms with van der Waals surface area (Å²) < 4.78 is 20.4.